The Bertz CT molecular complexity index is 282. The number of esters is 1. The van der Waals surface area contributed by atoms with Crippen LogP contribution in [-0.2, 0) is 16.1 Å². The fourth-order valence-corrected chi connectivity index (χ4v) is 1.34. The van der Waals surface area contributed by atoms with Crippen molar-refractivity contribution in [3.05, 3.63) is 24.2 Å². The first-order chi connectivity index (χ1) is 7.27. The van der Waals surface area contributed by atoms with Gasteiger partial charge >= 0.3 is 5.97 Å². The highest BCUT2D eigenvalue weighted by Gasteiger charge is 2.15. The van der Waals surface area contributed by atoms with Gasteiger partial charge in [0, 0.05) is 6.54 Å². The predicted octanol–water partition coefficient (Wildman–Crippen LogP) is 1.57. The highest BCUT2D eigenvalue weighted by molar-refractivity contribution is 5.72. The Morgan fingerprint density at radius 2 is 2.47 bits per heavy atom. The van der Waals surface area contributed by atoms with E-state index in [1.54, 1.807) is 6.26 Å². The summed E-state index contributed by atoms with van der Waals surface area (Å²) in [6, 6.07) is 3.74. The fourth-order valence-electron chi connectivity index (χ4n) is 1.34. The number of ether oxygens (including phenoxy) is 1. The molecule has 1 rings (SSSR count). The summed E-state index contributed by atoms with van der Waals surface area (Å²) in [7, 11) is 1.41. The van der Waals surface area contributed by atoms with Gasteiger partial charge in [-0.25, -0.2) is 0 Å². The number of rotatable bonds is 6. The summed E-state index contributed by atoms with van der Waals surface area (Å²) in [6.07, 6.45) is 2.41. The molecule has 4 heteroatoms. The van der Waals surface area contributed by atoms with E-state index < -0.39 is 0 Å². The van der Waals surface area contributed by atoms with E-state index in [0.717, 1.165) is 12.2 Å². The average Bonchev–Trinajstić information content (AvgIpc) is 2.76. The molecule has 0 aromatic carbocycles. The number of furan rings is 1. The predicted molar refractivity (Wildman–Crippen MR) is 56.2 cm³/mol. The van der Waals surface area contributed by atoms with Gasteiger partial charge in [0.1, 0.15) is 5.76 Å². The van der Waals surface area contributed by atoms with Crippen LogP contribution in [0.1, 0.15) is 19.1 Å². The van der Waals surface area contributed by atoms with Gasteiger partial charge in [-0.2, -0.15) is 0 Å². The standard InChI is InChI=1S/C11H17NO3/c1-3-9(11(13)14-2)7-12-8-10-5-4-6-15-10/h4-6,9,12H,3,7-8H2,1-2H3. The van der Waals surface area contributed by atoms with E-state index in [1.807, 2.05) is 19.1 Å². The third-order valence-electron chi connectivity index (χ3n) is 2.30. The molecule has 0 saturated heterocycles. The van der Waals surface area contributed by atoms with Crippen LogP contribution in [-0.4, -0.2) is 19.6 Å². The first kappa shape index (κ1) is 11.8. The largest absolute Gasteiger partial charge is 0.469 e. The van der Waals surface area contributed by atoms with Gasteiger partial charge in [0.2, 0.25) is 0 Å². The number of hydrogen-bond donors (Lipinski definition) is 1. The number of methoxy groups -OCH3 is 1. The van der Waals surface area contributed by atoms with Gasteiger partial charge < -0.3 is 14.5 Å². The molecule has 1 aromatic heterocycles. The Labute approximate surface area is 89.6 Å². The van der Waals surface area contributed by atoms with Crippen LogP contribution in [0.2, 0.25) is 0 Å². The zero-order valence-corrected chi connectivity index (χ0v) is 9.16. The lowest BCUT2D eigenvalue weighted by Crippen LogP contribution is -2.28. The molecule has 15 heavy (non-hydrogen) atoms. The van der Waals surface area contributed by atoms with Crippen LogP contribution in [0.4, 0.5) is 0 Å². The molecule has 0 bridgehead atoms. The Balaban J connectivity index is 2.26. The maximum Gasteiger partial charge on any atom is 0.309 e. The second-order valence-electron chi connectivity index (χ2n) is 3.34. The molecular weight excluding hydrogens is 194 g/mol. The van der Waals surface area contributed by atoms with Crippen molar-refractivity contribution in [2.24, 2.45) is 5.92 Å². The van der Waals surface area contributed by atoms with Crippen molar-refractivity contribution in [1.82, 2.24) is 5.32 Å². The molecule has 1 N–H and O–H groups in total. The fraction of sp³-hybridized carbons (Fsp3) is 0.545. The third-order valence-corrected chi connectivity index (χ3v) is 2.30. The molecule has 1 atom stereocenters. The minimum atomic E-state index is -0.163. The summed E-state index contributed by atoms with van der Waals surface area (Å²) in [5.74, 6) is 0.629. The Morgan fingerprint density at radius 1 is 1.67 bits per heavy atom. The van der Waals surface area contributed by atoms with Gasteiger partial charge in [-0.1, -0.05) is 6.92 Å². The summed E-state index contributed by atoms with van der Waals surface area (Å²) in [5, 5.41) is 3.16. The molecule has 0 aliphatic rings. The van der Waals surface area contributed by atoms with Crippen molar-refractivity contribution in [1.29, 1.82) is 0 Å². The van der Waals surface area contributed by atoms with Crippen molar-refractivity contribution in [3.63, 3.8) is 0 Å². The zero-order chi connectivity index (χ0) is 11.1. The molecule has 0 radical (unpaired) electrons. The van der Waals surface area contributed by atoms with Gasteiger partial charge in [0.25, 0.3) is 0 Å². The van der Waals surface area contributed by atoms with Gasteiger partial charge in [-0.05, 0) is 18.6 Å². The SMILES string of the molecule is CCC(CNCc1ccco1)C(=O)OC. The lowest BCUT2D eigenvalue weighted by Gasteiger charge is -2.12. The summed E-state index contributed by atoms with van der Waals surface area (Å²) >= 11 is 0. The van der Waals surface area contributed by atoms with Crippen LogP contribution in [0.5, 0.6) is 0 Å². The van der Waals surface area contributed by atoms with Crippen molar-refractivity contribution in [2.75, 3.05) is 13.7 Å². The molecule has 0 aliphatic heterocycles. The van der Waals surface area contributed by atoms with E-state index in [1.165, 1.54) is 7.11 Å². The normalized spacial score (nSPS) is 12.4. The molecule has 84 valence electrons. The van der Waals surface area contributed by atoms with Crippen LogP contribution in [0.15, 0.2) is 22.8 Å². The Hall–Kier alpha value is -1.29. The summed E-state index contributed by atoms with van der Waals surface area (Å²) < 4.78 is 9.85. The molecule has 0 saturated carbocycles. The van der Waals surface area contributed by atoms with Gasteiger partial charge in [-0.15, -0.1) is 0 Å². The van der Waals surface area contributed by atoms with E-state index in [9.17, 15) is 4.79 Å². The summed E-state index contributed by atoms with van der Waals surface area (Å²) in [5.41, 5.74) is 0. The monoisotopic (exact) mass is 211 g/mol. The topological polar surface area (TPSA) is 51.5 Å². The highest BCUT2D eigenvalue weighted by Crippen LogP contribution is 2.04. The van der Waals surface area contributed by atoms with Gasteiger partial charge in [0.15, 0.2) is 0 Å². The van der Waals surface area contributed by atoms with Gasteiger partial charge in [0.05, 0.1) is 25.8 Å². The molecule has 4 nitrogen and oxygen atoms in total. The van der Waals surface area contributed by atoms with Crippen LogP contribution >= 0.6 is 0 Å². The lowest BCUT2D eigenvalue weighted by molar-refractivity contribution is -0.145. The van der Waals surface area contributed by atoms with E-state index in [4.69, 9.17) is 4.42 Å². The number of carbonyl (C=O) groups excluding carboxylic acids is 1. The Morgan fingerprint density at radius 3 is 3.00 bits per heavy atom. The maximum atomic E-state index is 11.2. The zero-order valence-electron chi connectivity index (χ0n) is 9.16. The number of carbonyl (C=O) groups is 1. The second-order valence-corrected chi connectivity index (χ2v) is 3.34. The van der Waals surface area contributed by atoms with Crippen LogP contribution in [0.25, 0.3) is 0 Å². The molecule has 0 aliphatic carbocycles. The highest BCUT2D eigenvalue weighted by atomic mass is 16.5. The molecule has 0 spiro atoms. The molecule has 0 amide bonds. The Kier molecular flexibility index (Phi) is 4.90. The minimum absolute atomic E-state index is 0.0787. The van der Waals surface area contributed by atoms with Gasteiger partial charge in [-0.3, -0.25) is 4.79 Å². The number of nitrogens with one attached hydrogen (secondary N) is 1. The molecule has 0 fully saturated rings. The van der Waals surface area contributed by atoms with Crippen molar-refractivity contribution >= 4 is 5.97 Å². The minimum Gasteiger partial charge on any atom is -0.469 e. The summed E-state index contributed by atoms with van der Waals surface area (Å²) in [6.45, 7) is 3.22. The molecular formula is C11H17NO3. The molecule has 1 aromatic rings. The van der Waals surface area contributed by atoms with Crippen LogP contribution < -0.4 is 5.32 Å². The first-order valence-corrected chi connectivity index (χ1v) is 5.08. The van der Waals surface area contributed by atoms with E-state index in [-0.39, 0.29) is 11.9 Å². The molecule has 1 unspecified atom stereocenters. The van der Waals surface area contributed by atoms with E-state index in [2.05, 4.69) is 10.1 Å². The van der Waals surface area contributed by atoms with Crippen molar-refractivity contribution in [2.45, 2.75) is 19.9 Å². The smallest absolute Gasteiger partial charge is 0.309 e. The van der Waals surface area contributed by atoms with E-state index in [0.29, 0.717) is 13.1 Å². The third kappa shape index (κ3) is 3.75. The quantitative estimate of drug-likeness (QED) is 0.726. The maximum absolute atomic E-state index is 11.2. The van der Waals surface area contributed by atoms with Crippen molar-refractivity contribution < 1.29 is 13.9 Å². The number of hydrogen-bond acceptors (Lipinski definition) is 4. The first-order valence-electron chi connectivity index (χ1n) is 5.08. The van der Waals surface area contributed by atoms with Crippen molar-refractivity contribution in [3.8, 4) is 0 Å². The van der Waals surface area contributed by atoms with Crippen LogP contribution in [0, 0.1) is 5.92 Å². The molecule has 1 heterocycles. The van der Waals surface area contributed by atoms with E-state index >= 15 is 0 Å². The van der Waals surface area contributed by atoms with Crippen LogP contribution in [0.3, 0.4) is 0 Å². The summed E-state index contributed by atoms with van der Waals surface area (Å²) in [4.78, 5) is 11.2. The lowest BCUT2D eigenvalue weighted by atomic mass is 10.1. The second kappa shape index (κ2) is 6.24. The average molecular weight is 211 g/mol.